The molecule has 1 aliphatic rings. The second kappa shape index (κ2) is 6.40. The second-order valence-electron chi connectivity index (χ2n) is 7.12. The molecule has 0 bridgehead atoms. The molecule has 3 aromatic rings. The van der Waals surface area contributed by atoms with Crippen LogP contribution < -0.4 is 10.9 Å². The van der Waals surface area contributed by atoms with Crippen LogP contribution in [0.15, 0.2) is 51.7 Å². The average Bonchev–Trinajstić information content (AvgIpc) is 2.60. The van der Waals surface area contributed by atoms with E-state index < -0.39 is 0 Å². The summed E-state index contributed by atoms with van der Waals surface area (Å²) in [5, 5.41) is 5.87. The number of hydrogen-bond donors (Lipinski definition) is 1. The van der Waals surface area contributed by atoms with Gasteiger partial charge in [-0.15, -0.1) is 0 Å². The summed E-state index contributed by atoms with van der Waals surface area (Å²) in [5.74, 6) is 0.752. The average molecular weight is 322 g/mol. The monoisotopic (exact) mass is 322 g/mol. The lowest BCUT2D eigenvalue weighted by molar-refractivity contribution is -0.712. The lowest BCUT2D eigenvalue weighted by atomic mass is 9.86. The van der Waals surface area contributed by atoms with Gasteiger partial charge in [0.1, 0.15) is 12.1 Å². The molecule has 2 aromatic carbocycles. The number of benzene rings is 2. The van der Waals surface area contributed by atoms with E-state index in [0.717, 1.165) is 23.4 Å². The lowest BCUT2D eigenvalue weighted by Crippen LogP contribution is -2.90. The zero-order chi connectivity index (χ0) is 16.5. The highest BCUT2D eigenvalue weighted by molar-refractivity contribution is 6.06. The Kier molecular flexibility index (Phi) is 4.11. The van der Waals surface area contributed by atoms with Crippen molar-refractivity contribution < 1.29 is 9.73 Å². The van der Waals surface area contributed by atoms with Crippen molar-refractivity contribution in [3.05, 3.63) is 58.4 Å². The van der Waals surface area contributed by atoms with Crippen molar-refractivity contribution in [1.29, 1.82) is 0 Å². The predicted octanol–water partition coefficient (Wildman–Crippen LogP) is 3.59. The van der Waals surface area contributed by atoms with E-state index >= 15 is 0 Å². The second-order valence-corrected chi connectivity index (χ2v) is 7.12. The van der Waals surface area contributed by atoms with E-state index in [2.05, 4.69) is 24.4 Å². The predicted molar refractivity (Wildman–Crippen MR) is 97.0 cm³/mol. The Bertz CT molecular complexity index is 928. The fourth-order valence-corrected chi connectivity index (χ4v) is 4.15. The highest BCUT2D eigenvalue weighted by atomic mass is 16.4. The van der Waals surface area contributed by atoms with Crippen LogP contribution in [-0.4, -0.2) is 6.04 Å². The first-order valence-corrected chi connectivity index (χ1v) is 9.00. The van der Waals surface area contributed by atoms with Crippen molar-refractivity contribution in [1.82, 2.24) is 0 Å². The zero-order valence-corrected chi connectivity index (χ0v) is 14.1. The number of nitrogens with two attached hydrogens (primary N) is 1. The third-order valence-corrected chi connectivity index (χ3v) is 5.53. The zero-order valence-electron chi connectivity index (χ0n) is 14.1. The maximum absolute atomic E-state index is 12.0. The summed E-state index contributed by atoms with van der Waals surface area (Å²) in [4.78, 5) is 12.0. The lowest BCUT2D eigenvalue weighted by Gasteiger charge is -2.26. The Hall–Kier alpha value is -2.13. The largest absolute Gasteiger partial charge is 0.423 e. The Balaban J connectivity index is 1.76. The van der Waals surface area contributed by atoms with E-state index in [1.807, 2.05) is 24.3 Å². The molecule has 0 radical (unpaired) electrons. The van der Waals surface area contributed by atoms with E-state index in [9.17, 15) is 4.79 Å². The number of fused-ring (bicyclic) bond motifs is 3. The summed E-state index contributed by atoms with van der Waals surface area (Å²) in [5.41, 5.74) is 1.54. The normalized spacial score (nSPS) is 21.4. The maximum atomic E-state index is 12.0. The summed E-state index contributed by atoms with van der Waals surface area (Å²) in [6.45, 7) is 3.19. The van der Waals surface area contributed by atoms with Crippen LogP contribution >= 0.6 is 0 Å². The van der Waals surface area contributed by atoms with Gasteiger partial charge in [-0.3, -0.25) is 0 Å². The third-order valence-electron chi connectivity index (χ3n) is 5.53. The molecule has 24 heavy (non-hydrogen) atoms. The molecule has 1 saturated carbocycles. The molecule has 0 amide bonds. The van der Waals surface area contributed by atoms with Crippen molar-refractivity contribution in [2.24, 2.45) is 5.92 Å². The first kappa shape index (κ1) is 15.4. The summed E-state index contributed by atoms with van der Waals surface area (Å²) in [7, 11) is 0. The summed E-state index contributed by atoms with van der Waals surface area (Å²) >= 11 is 0. The van der Waals surface area contributed by atoms with Gasteiger partial charge in [0, 0.05) is 22.9 Å². The van der Waals surface area contributed by atoms with Crippen molar-refractivity contribution in [3.63, 3.8) is 0 Å². The van der Waals surface area contributed by atoms with Crippen LogP contribution in [0.3, 0.4) is 0 Å². The minimum Gasteiger partial charge on any atom is -0.423 e. The third kappa shape index (κ3) is 2.84. The van der Waals surface area contributed by atoms with Gasteiger partial charge in [-0.1, -0.05) is 43.7 Å². The van der Waals surface area contributed by atoms with Crippen LogP contribution in [0.4, 0.5) is 0 Å². The van der Waals surface area contributed by atoms with Gasteiger partial charge in [0.05, 0.1) is 6.04 Å². The molecule has 1 heterocycles. The molecule has 2 N–H and O–H groups in total. The van der Waals surface area contributed by atoms with Gasteiger partial charge in [0.15, 0.2) is 0 Å². The van der Waals surface area contributed by atoms with Crippen LogP contribution in [0.5, 0.6) is 0 Å². The molecule has 124 valence electrons. The van der Waals surface area contributed by atoms with Gasteiger partial charge in [-0.25, -0.2) is 4.79 Å². The molecular formula is C21H24NO2+. The maximum Gasteiger partial charge on any atom is 0.336 e. The molecule has 1 aliphatic carbocycles. The highest BCUT2D eigenvalue weighted by Gasteiger charge is 2.24. The Morgan fingerprint density at radius 2 is 1.96 bits per heavy atom. The number of hydrogen-bond acceptors (Lipinski definition) is 2. The smallest absolute Gasteiger partial charge is 0.336 e. The topological polar surface area (TPSA) is 46.8 Å². The SMILES string of the molecule is C[C@H]1CCCC[C@@H]1[NH2+]Cc1cc(=O)oc2ccc3ccccc3c12. The fourth-order valence-electron chi connectivity index (χ4n) is 4.15. The van der Waals surface area contributed by atoms with Gasteiger partial charge in [-0.05, 0) is 36.1 Å². The Morgan fingerprint density at radius 1 is 1.12 bits per heavy atom. The number of rotatable bonds is 3. The van der Waals surface area contributed by atoms with Crippen molar-refractivity contribution in [2.75, 3.05) is 0 Å². The van der Waals surface area contributed by atoms with Crippen LogP contribution in [0.2, 0.25) is 0 Å². The molecular weight excluding hydrogens is 298 g/mol. The molecule has 2 atom stereocenters. The fraction of sp³-hybridized carbons (Fsp3) is 0.381. The molecule has 4 rings (SSSR count). The van der Waals surface area contributed by atoms with Gasteiger partial charge < -0.3 is 9.73 Å². The molecule has 0 unspecified atom stereocenters. The van der Waals surface area contributed by atoms with Crippen molar-refractivity contribution in [2.45, 2.75) is 45.2 Å². The minimum atomic E-state index is -0.252. The first-order chi connectivity index (χ1) is 11.7. The molecule has 3 heteroatoms. The summed E-state index contributed by atoms with van der Waals surface area (Å²) in [6.07, 6.45) is 5.28. The molecule has 0 aliphatic heterocycles. The molecule has 0 saturated heterocycles. The van der Waals surface area contributed by atoms with E-state index in [1.165, 1.54) is 36.5 Å². The minimum absolute atomic E-state index is 0.252. The van der Waals surface area contributed by atoms with Crippen LogP contribution in [-0.2, 0) is 6.54 Å². The van der Waals surface area contributed by atoms with E-state index in [4.69, 9.17) is 4.42 Å². The quantitative estimate of drug-likeness (QED) is 0.592. The summed E-state index contributed by atoms with van der Waals surface area (Å²) < 4.78 is 5.45. The van der Waals surface area contributed by atoms with Gasteiger partial charge in [-0.2, -0.15) is 0 Å². The van der Waals surface area contributed by atoms with Crippen molar-refractivity contribution >= 4 is 21.7 Å². The molecule has 3 nitrogen and oxygen atoms in total. The van der Waals surface area contributed by atoms with Gasteiger partial charge >= 0.3 is 5.63 Å². The van der Waals surface area contributed by atoms with Crippen LogP contribution in [0.25, 0.3) is 21.7 Å². The van der Waals surface area contributed by atoms with E-state index in [-0.39, 0.29) is 5.63 Å². The Labute approximate surface area is 141 Å². The molecule has 0 spiro atoms. The number of quaternary nitrogens is 1. The van der Waals surface area contributed by atoms with Gasteiger partial charge in [0.25, 0.3) is 0 Å². The standard InChI is InChI=1S/C21H23NO2/c1-14-6-2-5-9-18(14)22-13-16-12-20(23)24-19-11-10-15-7-3-4-8-17(15)21(16)19/h3-4,7-8,10-12,14,18,22H,2,5-6,9,13H2,1H3/p+1/t14-,18-/m0/s1. The Morgan fingerprint density at radius 3 is 2.83 bits per heavy atom. The highest BCUT2D eigenvalue weighted by Crippen LogP contribution is 2.27. The van der Waals surface area contributed by atoms with Crippen molar-refractivity contribution in [3.8, 4) is 0 Å². The first-order valence-electron chi connectivity index (χ1n) is 9.00. The van der Waals surface area contributed by atoms with E-state index in [0.29, 0.717) is 11.6 Å². The molecule has 1 fully saturated rings. The molecule has 1 aromatic heterocycles. The summed E-state index contributed by atoms with van der Waals surface area (Å²) in [6, 6.07) is 14.6. The van der Waals surface area contributed by atoms with Crippen LogP contribution in [0, 0.1) is 5.92 Å². The van der Waals surface area contributed by atoms with Gasteiger partial charge in [0.2, 0.25) is 0 Å². The van der Waals surface area contributed by atoms with Crippen LogP contribution in [0.1, 0.15) is 38.2 Å². The van der Waals surface area contributed by atoms with E-state index in [1.54, 1.807) is 6.07 Å².